The molecular weight excluding hydrogens is 242 g/mol. The Morgan fingerprint density at radius 2 is 2.00 bits per heavy atom. The zero-order valence-electron chi connectivity index (χ0n) is 7.39. The third-order valence-electron chi connectivity index (χ3n) is 1.61. The van der Waals surface area contributed by atoms with Gasteiger partial charge in [-0.1, -0.05) is 34.8 Å². The Morgan fingerprint density at radius 1 is 1.36 bits per heavy atom. The van der Waals surface area contributed by atoms with Gasteiger partial charge in [-0.3, -0.25) is 9.98 Å². The summed E-state index contributed by atoms with van der Waals surface area (Å²) in [7, 11) is 1.57. The van der Waals surface area contributed by atoms with E-state index in [4.69, 9.17) is 34.8 Å². The van der Waals surface area contributed by atoms with Crippen molar-refractivity contribution in [2.75, 3.05) is 7.05 Å². The molecule has 0 saturated heterocycles. The molecule has 0 N–H and O–H groups in total. The molecule has 74 valence electrons. The first kappa shape index (κ1) is 11.5. The number of hydrogen-bond donors (Lipinski definition) is 0. The van der Waals surface area contributed by atoms with Crippen molar-refractivity contribution in [3.63, 3.8) is 0 Å². The van der Waals surface area contributed by atoms with Gasteiger partial charge in [0.1, 0.15) is 5.17 Å². The quantitative estimate of drug-likeness (QED) is 0.709. The van der Waals surface area contributed by atoms with Crippen molar-refractivity contribution in [2.45, 2.75) is 0 Å². The molecule has 14 heavy (non-hydrogen) atoms. The van der Waals surface area contributed by atoms with Crippen LogP contribution >= 0.6 is 34.8 Å². The predicted octanol–water partition coefficient (Wildman–Crippen LogP) is 3.94. The fraction of sp³-hybridized carbons (Fsp3) is 0.111. The minimum atomic E-state index is 0.286. The summed E-state index contributed by atoms with van der Waals surface area (Å²) >= 11 is 17.6. The van der Waals surface area contributed by atoms with E-state index in [2.05, 4.69) is 16.7 Å². The molecule has 1 rings (SSSR count). The summed E-state index contributed by atoms with van der Waals surface area (Å²) in [6, 6.07) is 3.21. The van der Waals surface area contributed by atoms with Gasteiger partial charge in [-0.15, -0.1) is 0 Å². The second-order valence-corrected chi connectivity index (χ2v) is 3.66. The highest BCUT2D eigenvalue weighted by Crippen LogP contribution is 2.32. The number of aliphatic imine (C=N–C) groups is 2. The van der Waals surface area contributed by atoms with Gasteiger partial charge in [0.05, 0.1) is 16.3 Å². The Labute approximate surface area is 97.2 Å². The predicted molar refractivity (Wildman–Crippen MR) is 64.0 cm³/mol. The van der Waals surface area contributed by atoms with Crippen LogP contribution in [0.5, 0.6) is 0 Å². The van der Waals surface area contributed by atoms with Crippen LogP contribution in [0.25, 0.3) is 0 Å². The first-order valence-corrected chi connectivity index (χ1v) is 4.82. The van der Waals surface area contributed by atoms with E-state index in [0.29, 0.717) is 21.3 Å². The largest absolute Gasteiger partial charge is 0.276 e. The van der Waals surface area contributed by atoms with Crippen LogP contribution < -0.4 is 0 Å². The third kappa shape index (κ3) is 2.27. The number of nitrogens with zero attached hydrogens (tertiary/aromatic N) is 2. The lowest BCUT2D eigenvalue weighted by Crippen LogP contribution is -1.93. The molecular formula is C9H7Cl3N2. The normalized spacial score (nSPS) is 11.6. The standard InChI is InChI=1S/C9H7Cl3N2/c1-13-7-4-5(10)3-6(11)8(7)9(12)14-2/h3-4H,1H2,2H3. The van der Waals surface area contributed by atoms with Crippen molar-refractivity contribution in [3.05, 3.63) is 27.7 Å². The van der Waals surface area contributed by atoms with E-state index < -0.39 is 0 Å². The molecule has 1 aromatic rings. The van der Waals surface area contributed by atoms with Crippen molar-refractivity contribution in [2.24, 2.45) is 9.98 Å². The van der Waals surface area contributed by atoms with Gasteiger partial charge < -0.3 is 0 Å². The minimum Gasteiger partial charge on any atom is -0.276 e. The summed E-state index contributed by atoms with van der Waals surface area (Å²) < 4.78 is 0. The molecule has 5 heteroatoms. The monoisotopic (exact) mass is 248 g/mol. The van der Waals surface area contributed by atoms with Crippen LogP contribution in [0.1, 0.15) is 5.56 Å². The van der Waals surface area contributed by atoms with Gasteiger partial charge in [-0.05, 0) is 18.9 Å². The number of benzene rings is 1. The van der Waals surface area contributed by atoms with Crippen molar-refractivity contribution in [1.29, 1.82) is 0 Å². The number of halogens is 3. The van der Waals surface area contributed by atoms with Crippen LogP contribution in [-0.4, -0.2) is 18.9 Å². The second-order valence-electron chi connectivity index (χ2n) is 2.45. The summed E-state index contributed by atoms with van der Waals surface area (Å²) in [6.07, 6.45) is 0. The van der Waals surface area contributed by atoms with Gasteiger partial charge in [0.2, 0.25) is 0 Å². The van der Waals surface area contributed by atoms with E-state index in [1.807, 2.05) is 0 Å². The zero-order chi connectivity index (χ0) is 10.7. The second kappa shape index (κ2) is 4.78. The smallest absolute Gasteiger partial charge is 0.134 e. The molecule has 0 aromatic heterocycles. The minimum absolute atomic E-state index is 0.286. The van der Waals surface area contributed by atoms with Crippen LogP contribution in [0.4, 0.5) is 5.69 Å². The van der Waals surface area contributed by atoms with Crippen LogP contribution in [0.2, 0.25) is 10.0 Å². The fourth-order valence-corrected chi connectivity index (χ4v) is 1.82. The van der Waals surface area contributed by atoms with E-state index in [0.717, 1.165) is 0 Å². The van der Waals surface area contributed by atoms with Crippen molar-refractivity contribution in [3.8, 4) is 0 Å². The van der Waals surface area contributed by atoms with Crippen LogP contribution in [0, 0.1) is 0 Å². The summed E-state index contributed by atoms with van der Waals surface area (Å²) in [5, 5.41) is 1.19. The van der Waals surface area contributed by atoms with Crippen molar-refractivity contribution < 1.29 is 0 Å². The highest BCUT2D eigenvalue weighted by molar-refractivity contribution is 6.71. The number of rotatable bonds is 2. The van der Waals surface area contributed by atoms with Crippen molar-refractivity contribution in [1.82, 2.24) is 0 Å². The van der Waals surface area contributed by atoms with E-state index in [1.54, 1.807) is 19.2 Å². The van der Waals surface area contributed by atoms with E-state index in [9.17, 15) is 0 Å². The lowest BCUT2D eigenvalue weighted by atomic mass is 10.2. The molecule has 0 radical (unpaired) electrons. The molecule has 0 saturated carbocycles. The molecule has 0 spiro atoms. The average Bonchev–Trinajstić information content (AvgIpc) is 2.15. The SMILES string of the molecule is C=Nc1cc(Cl)cc(Cl)c1C(Cl)=NC. The van der Waals surface area contributed by atoms with Crippen LogP contribution in [0.15, 0.2) is 22.1 Å². The Bertz CT molecular complexity index is 399. The Hall–Kier alpha value is -0.570. The van der Waals surface area contributed by atoms with Gasteiger partial charge in [-0.25, -0.2) is 0 Å². The van der Waals surface area contributed by atoms with Gasteiger partial charge in [0.15, 0.2) is 0 Å². The molecule has 0 amide bonds. The molecule has 0 aliphatic heterocycles. The molecule has 0 bridgehead atoms. The molecule has 0 aliphatic carbocycles. The molecule has 2 nitrogen and oxygen atoms in total. The lowest BCUT2D eigenvalue weighted by Gasteiger charge is -2.06. The first-order valence-electron chi connectivity index (χ1n) is 3.68. The summed E-state index contributed by atoms with van der Waals surface area (Å²) in [5.41, 5.74) is 1.08. The molecule has 0 unspecified atom stereocenters. The topological polar surface area (TPSA) is 24.7 Å². The van der Waals surface area contributed by atoms with Crippen molar-refractivity contribution >= 4 is 52.4 Å². The maximum Gasteiger partial charge on any atom is 0.134 e. The summed E-state index contributed by atoms with van der Waals surface area (Å²) in [6.45, 7) is 3.41. The highest BCUT2D eigenvalue weighted by atomic mass is 35.5. The van der Waals surface area contributed by atoms with E-state index >= 15 is 0 Å². The molecule has 1 aromatic carbocycles. The Morgan fingerprint density at radius 3 is 2.50 bits per heavy atom. The molecule has 0 atom stereocenters. The fourth-order valence-electron chi connectivity index (χ4n) is 1.00. The molecule has 0 fully saturated rings. The Kier molecular flexibility index (Phi) is 3.93. The van der Waals surface area contributed by atoms with Crippen LogP contribution in [-0.2, 0) is 0 Å². The number of hydrogen-bond acceptors (Lipinski definition) is 2. The van der Waals surface area contributed by atoms with Gasteiger partial charge in [0, 0.05) is 12.1 Å². The van der Waals surface area contributed by atoms with Gasteiger partial charge in [-0.2, -0.15) is 0 Å². The van der Waals surface area contributed by atoms with Gasteiger partial charge >= 0.3 is 0 Å². The lowest BCUT2D eigenvalue weighted by molar-refractivity contribution is 1.44. The third-order valence-corrected chi connectivity index (χ3v) is 2.48. The maximum atomic E-state index is 5.95. The van der Waals surface area contributed by atoms with E-state index in [-0.39, 0.29) is 5.17 Å². The van der Waals surface area contributed by atoms with Gasteiger partial charge in [0.25, 0.3) is 0 Å². The highest BCUT2D eigenvalue weighted by Gasteiger charge is 2.11. The molecule has 0 aliphatic rings. The summed E-state index contributed by atoms with van der Waals surface area (Å²) in [5.74, 6) is 0. The van der Waals surface area contributed by atoms with Crippen LogP contribution in [0.3, 0.4) is 0 Å². The Balaban J connectivity index is 3.47. The first-order chi connectivity index (χ1) is 6.60. The zero-order valence-corrected chi connectivity index (χ0v) is 9.66. The summed E-state index contributed by atoms with van der Waals surface area (Å²) in [4.78, 5) is 7.60. The maximum absolute atomic E-state index is 5.95. The molecule has 0 heterocycles. The van der Waals surface area contributed by atoms with E-state index in [1.165, 1.54) is 0 Å². The average molecular weight is 250 g/mol.